The molecule has 0 aromatic heterocycles. The van der Waals surface area contributed by atoms with Gasteiger partial charge in [0.2, 0.25) is 0 Å². The molecular formula is C29H26O5S. The molecule has 5 aromatic rings. The highest BCUT2D eigenvalue weighted by molar-refractivity contribution is 7.85. The van der Waals surface area contributed by atoms with Gasteiger partial charge in [0, 0.05) is 21.5 Å². The molecule has 0 fully saturated rings. The van der Waals surface area contributed by atoms with Crippen LogP contribution in [0.3, 0.4) is 0 Å². The molecule has 0 heterocycles. The van der Waals surface area contributed by atoms with E-state index < -0.39 is 10.1 Å². The Hall–Kier alpha value is -3.87. The summed E-state index contributed by atoms with van der Waals surface area (Å²) < 4.78 is 43.0. The Kier molecular flexibility index (Phi) is 7.34. The minimum Gasteiger partial charge on any atom is -0.495 e. The Morgan fingerprint density at radius 3 is 1.49 bits per heavy atom. The van der Waals surface area contributed by atoms with E-state index in [0.717, 1.165) is 17.2 Å². The molecule has 5 aromatic carbocycles. The van der Waals surface area contributed by atoms with Crippen molar-refractivity contribution in [2.24, 2.45) is 0 Å². The first-order valence-electron chi connectivity index (χ1n) is 11.0. The number of benzene rings is 5. The zero-order chi connectivity index (χ0) is 24.8. The van der Waals surface area contributed by atoms with E-state index in [4.69, 9.17) is 9.47 Å². The van der Waals surface area contributed by atoms with E-state index in [-0.39, 0.29) is 4.90 Å². The van der Waals surface area contributed by atoms with E-state index in [0.29, 0.717) is 22.3 Å². The fourth-order valence-electron chi connectivity index (χ4n) is 4.11. The lowest BCUT2D eigenvalue weighted by molar-refractivity contribution is 0.417. The lowest BCUT2D eigenvalue weighted by Crippen LogP contribution is -1.99. The van der Waals surface area contributed by atoms with Crippen LogP contribution in [0.15, 0.2) is 108 Å². The first-order chi connectivity index (χ1) is 16.9. The van der Waals surface area contributed by atoms with Gasteiger partial charge >= 0.3 is 0 Å². The van der Waals surface area contributed by atoms with E-state index >= 15 is 0 Å². The maximum atomic E-state index is 11.4. The molecule has 0 aliphatic carbocycles. The van der Waals surface area contributed by atoms with Crippen molar-refractivity contribution in [3.05, 3.63) is 114 Å². The number of fused-ring (bicyclic) bond motifs is 2. The molecule has 6 heteroatoms. The first kappa shape index (κ1) is 24.3. The van der Waals surface area contributed by atoms with Crippen LogP contribution in [-0.2, 0) is 16.5 Å². The van der Waals surface area contributed by atoms with Crippen LogP contribution in [0.25, 0.3) is 21.5 Å². The van der Waals surface area contributed by atoms with E-state index in [1.165, 1.54) is 30.4 Å². The normalized spacial score (nSPS) is 11.1. The molecule has 1 N–H and O–H groups in total. The van der Waals surface area contributed by atoms with Crippen molar-refractivity contribution in [1.82, 2.24) is 0 Å². The van der Waals surface area contributed by atoms with Crippen LogP contribution in [-0.4, -0.2) is 27.2 Å². The molecule has 0 saturated carbocycles. The van der Waals surface area contributed by atoms with Gasteiger partial charge < -0.3 is 9.47 Å². The van der Waals surface area contributed by atoms with Gasteiger partial charge in [0.25, 0.3) is 10.1 Å². The largest absolute Gasteiger partial charge is 0.495 e. The Bertz CT molecular complexity index is 1510. The van der Waals surface area contributed by atoms with Gasteiger partial charge in [0.15, 0.2) is 0 Å². The van der Waals surface area contributed by atoms with Crippen molar-refractivity contribution in [1.29, 1.82) is 0 Å². The van der Waals surface area contributed by atoms with Gasteiger partial charge in [-0.1, -0.05) is 84.9 Å². The van der Waals surface area contributed by atoms with E-state index in [9.17, 15) is 13.0 Å². The predicted molar refractivity (Wildman–Crippen MR) is 140 cm³/mol. The van der Waals surface area contributed by atoms with Gasteiger partial charge in [-0.3, -0.25) is 4.55 Å². The maximum absolute atomic E-state index is 11.4. The topological polar surface area (TPSA) is 72.8 Å². The summed E-state index contributed by atoms with van der Waals surface area (Å²) in [5.41, 5.74) is 2.74. The lowest BCUT2D eigenvalue weighted by Gasteiger charge is -2.15. The summed E-state index contributed by atoms with van der Waals surface area (Å²) in [6.45, 7) is 0. The minimum atomic E-state index is -4.29. The van der Waals surface area contributed by atoms with Crippen LogP contribution < -0.4 is 9.47 Å². The van der Waals surface area contributed by atoms with E-state index in [2.05, 4.69) is 60.7 Å². The first-order valence-corrected chi connectivity index (χ1v) is 12.5. The lowest BCUT2D eigenvalue weighted by atomic mass is 10.0. The molecule has 0 aliphatic rings. The van der Waals surface area contributed by atoms with E-state index in [1.54, 1.807) is 13.2 Å². The summed E-state index contributed by atoms with van der Waals surface area (Å²) in [7, 11) is -1.21. The van der Waals surface area contributed by atoms with E-state index in [1.807, 2.05) is 24.3 Å². The highest BCUT2D eigenvalue weighted by Crippen LogP contribution is 2.43. The molecule has 5 nitrogen and oxygen atoms in total. The highest BCUT2D eigenvalue weighted by Gasteiger charge is 2.18. The standard InChI is InChI=1S/C16H14O5S.C13H12/c1-20-15-11-5-3-4-6-12(11)16(21-2)14-9-10(22(17,18)19)7-8-13(14)15;1-3-7-12(8-4-1)11-13-9-5-2-6-10-13/h3-9H,1-2H3,(H,17,18,19);1-10H,11H2. The molecule has 35 heavy (non-hydrogen) atoms. The van der Waals surface area contributed by atoms with Crippen molar-refractivity contribution >= 4 is 31.7 Å². The third-order valence-corrected chi connectivity index (χ3v) is 6.55. The average Bonchev–Trinajstić information content (AvgIpc) is 2.88. The Morgan fingerprint density at radius 2 is 1.03 bits per heavy atom. The summed E-state index contributed by atoms with van der Waals surface area (Å²) in [5, 5.41) is 2.95. The predicted octanol–water partition coefficient (Wildman–Crippen LogP) is 6.53. The SMILES string of the molecule is COc1c2ccccc2c(OC)c2cc(S(=O)(=O)O)ccc12.c1ccc(Cc2ccccc2)cc1. The zero-order valence-corrected chi connectivity index (χ0v) is 20.3. The number of hydrogen-bond donors (Lipinski definition) is 1. The number of methoxy groups -OCH3 is 2. The second-order valence-electron chi connectivity index (χ2n) is 7.94. The summed E-state index contributed by atoms with van der Waals surface area (Å²) in [6.07, 6.45) is 1.03. The van der Waals surface area contributed by atoms with Crippen molar-refractivity contribution in [3.8, 4) is 11.5 Å². The van der Waals surface area contributed by atoms with Crippen molar-refractivity contribution in [3.63, 3.8) is 0 Å². The molecule has 178 valence electrons. The molecule has 0 radical (unpaired) electrons. The number of hydrogen-bond acceptors (Lipinski definition) is 4. The van der Waals surface area contributed by atoms with Crippen molar-refractivity contribution < 1.29 is 22.4 Å². The second-order valence-corrected chi connectivity index (χ2v) is 9.36. The second kappa shape index (κ2) is 10.6. The van der Waals surface area contributed by atoms with Gasteiger partial charge in [-0.05, 0) is 35.7 Å². The average molecular weight is 487 g/mol. The minimum absolute atomic E-state index is 0.185. The molecule has 0 aliphatic heterocycles. The van der Waals surface area contributed by atoms with Gasteiger partial charge in [-0.25, -0.2) is 0 Å². The third kappa shape index (κ3) is 5.45. The molecule has 0 amide bonds. The molecule has 0 bridgehead atoms. The summed E-state index contributed by atoms with van der Waals surface area (Å²) in [4.78, 5) is -0.185. The van der Waals surface area contributed by atoms with Crippen LogP contribution in [0.5, 0.6) is 11.5 Å². The van der Waals surface area contributed by atoms with Gasteiger partial charge in [-0.2, -0.15) is 8.42 Å². The van der Waals surface area contributed by atoms with Crippen LogP contribution in [0, 0.1) is 0 Å². The van der Waals surface area contributed by atoms with Crippen LogP contribution in [0.4, 0.5) is 0 Å². The third-order valence-electron chi connectivity index (χ3n) is 5.70. The molecule has 0 unspecified atom stereocenters. The highest BCUT2D eigenvalue weighted by atomic mass is 32.2. The number of ether oxygens (including phenoxy) is 2. The molecule has 0 saturated heterocycles. The Morgan fingerprint density at radius 1 is 0.600 bits per heavy atom. The Labute approximate surface area is 205 Å². The van der Waals surface area contributed by atoms with Crippen LogP contribution >= 0.6 is 0 Å². The van der Waals surface area contributed by atoms with Crippen LogP contribution in [0.1, 0.15) is 11.1 Å². The quantitative estimate of drug-likeness (QED) is 0.226. The molecule has 0 spiro atoms. The van der Waals surface area contributed by atoms with Crippen molar-refractivity contribution in [2.75, 3.05) is 14.2 Å². The van der Waals surface area contributed by atoms with Crippen molar-refractivity contribution in [2.45, 2.75) is 11.3 Å². The van der Waals surface area contributed by atoms with Gasteiger partial charge in [-0.15, -0.1) is 0 Å². The molecule has 5 rings (SSSR count). The fraction of sp³-hybridized carbons (Fsp3) is 0.103. The number of rotatable bonds is 5. The zero-order valence-electron chi connectivity index (χ0n) is 19.5. The summed E-state index contributed by atoms with van der Waals surface area (Å²) >= 11 is 0. The molecule has 0 atom stereocenters. The smallest absolute Gasteiger partial charge is 0.294 e. The summed E-state index contributed by atoms with van der Waals surface area (Å²) in [6, 6.07) is 32.9. The van der Waals surface area contributed by atoms with Crippen LogP contribution in [0.2, 0.25) is 0 Å². The fourth-order valence-corrected chi connectivity index (χ4v) is 4.61. The Balaban J connectivity index is 0.000000189. The summed E-state index contributed by atoms with van der Waals surface area (Å²) in [5.74, 6) is 1.17. The van der Waals surface area contributed by atoms with Gasteiger partial charge in [0.1, 0.15) is 11.5 Å². The maximum Gasteiger partial charge on any atom is 0.294 e. The molecular weight excluding hydrogens is 460 g/mol. The van der Waals surface area contributed by atoms with Gasteiger partial charge in [0.05, 0.1) is 19.1 Å². The monoisotopic (exact) mass is 486 g/mol.